The van der Waals surface area contributed by atoms with Crippen molar-refractivity contribution in [3.8, 4) is 0 Å². The monoisotopic (exact) mass is 300 g/mol. The third-order valence-corrected chi connectivity index (χ3v) is 4.60. The molecule has 1 aliphatic rings. The molecular weight excluding hydrogens is 280 g/mol. The van der Waals surface area contributed by atoms with Crippen molar-refractivity contribution in [3.63, 3.8) is 0 Å². The van der Waals surface area contributed by atoms with Crippen LogP contribution in [0.3, 0.4) is 0 Å². The van der Waals surface area contributed by atoms with E-state index in [0.717, 1.165) is 13.0 Å². The zero-order valence-electron chi connectivity index (χ0n) is 11.7. The fourth-order valence-electron chi connectivity index (χ4n) is 1.94. The average Bonchev–Trinajstić information content (AvgIpc) is 2.82. The van der Waals surface area contributed by atoms with E-state index in [1.807, 2.05) is 13.8 Å². The molecule has 1 fully saturated rings. The Morgan fingerprint density at radius 3 is 2.65 bits per heavy atom. The highest BCUT2D eigenvalue weighted by molar-refractivity contribution is 7.89. The van der Waals surface area contributed by atoms with Gasteiger partial charge >= 0.3 is 0 Å². The number of nitrogens with zero attached hydrogens (tertiary/aromatic N) is 2. The number of anilines is 1. The summed E-state index contributed by atoms with van der Waals surface area (Å²) in [6, 6.07) is -0.196. The summed E-state index contributed by atoms with van der Waals surface area (Å²) in [5, 5.41) is 3.00. The molecule has 2 rings (SSSR count). The highest BCUT2D eigenvalue weighted by atomic mass is 32.2. The molecule has 2 heterocycles. The second-order valence-corrected chi connectivity index (χ2v) is 6.48. The van der Waals surface area contributed by atoms with Gasteiger partial charge < -0.3 is 10.1 Å². The van der Waals surface area contributed by atoms with Crippen molar-refractivity contribution >= 4 is 16.0 Å². The minimum atomic E-state index is -3.60. The van der Waals surface area contributed by atoms with Crippen molar-refractivity contribution in [2.24, 2.45) is 0 Å². The predicted molar refractivity (Wildman–Crippen MR) is 75.0 cm³/mol. The van der Waals surface area contributed by atoms with Gasteiger partial charge in [0.05, 0.1) is 24.5 Å². The Hall–Kier alpha value is -1.25. The Balaban J connectivity index is 2.05. The first kappa shape index (κ1) is 15.1. The number of aromatic nitrogens is 2. The van der Waals surface area contributed by atoms with Gasteiger partial charge in [-0.1, -0.05) is 6.92 Å². The molecule has 7 nitrogen and oxygen atoms in total. The molecule has 0 radical (unpaired) electrons. The van der Waals surface area contributed by atoms with Crippen LogP contribution in [0.4, 0.5) is 5.95 Å². The van der Waals surface area contributed by atoms with Crippen molar-refractivity contribution in [1.29, 1.82) is 0 Å². The molecule has 1 saturated heterocycles. The van der Waals surface area contributed by atoms with Crippen LogP contribution < -0.4 is 10.0 Å². The summed E-state index contributed by atoms with van der Waals surface area (Å²) >= 11 is 0. The van der Waals surface area contributed by atoms with E-state index in [2.05, 4.69) is 20.0 Å². The van der Waals surface area contributed by atoms with Crippen LogP contribution >= 0.6 is 0 Å². The maximum absolute atomic E-state index is 12.2. The fourth-order valence-corrected chi connectivity index (χ4v) is 3.16. The minimum Gasteiger partial charge on any atom is -0.377 e. The number of nitrogens with one attached hydrogen (secondary N) is 2. The van der Waals surface area contributed by atoms with E-state index in [9.17, 15) is 8.42 Å². The third-order valence-electron chi connectivity index (χ3n) is 3.15. The molecule has 8 heteroatoms. The predicted octanol–water partition coefficient (Wildman–Crippen LogP) is 0.754. The van der Waals surface area contributed by atoms with E-state index in [4.69, 9.17) is 4.74 Å². The lowest BCUT2D eigenvalue weighted by molar-refractivity contribution is 0.117. The SMILES string of the molecule is CCCNc1ncc(S(=O)(=O)NC2CCOC2C)cn1. The van der Waals surface area contributed by atoms with Crippen LogP contribution in [0, 0.1) is 0 Å². The van der Waals surface area contributed by atoms with Crippen LogP contribution in [-0.2, 0) is 14.8 Å². The highest BCUT2D eigenvalue weighted by Crippen LogP contribution is 2.16. The number of sulfonamides is 1. The molecule has 1 aliphatic heterocycles. The first-order valence-corrected chi connectivity index (χ1v) is 8.21. The lowest BCUT2D eigenvalue weighted by atomic mass is 10.2. The summed E-state index contributed by atoms with van der Waals surface area (Å²) in [6.45, 7) is 5.21. The van der Waals surface area contributed by atoms with Crippen LogP contribution in [0.1, 0.15) is 26.7 Å². The van der Waals surface area contributed by atoms with Crippen molar-refractivity contribution < 1.29 is 13.2 Å². The van der Waals surface area contributed by atoms with Crippen molar-refractivity contribution in [1.82, 2.24) is 14.7 Å². The van der Waals surface area contributed by atoms with Gasteiger partial charge in [-0.15, -0.1) is 0 Å². The molecule has 0 spiro atoms. The van der Waals surface area contributed by atoms with E-state index < -0.39 is 10.0 Å². The molecule has 112 valence electrons. The Kier molecular flexibility index (Phi) is 4.90. The van der Waals surface area contributed by atoms with E-state index in [-0.39, 0.29) is 17.0 Å². The fraction of sp³-hybridized carbons (Fsp3) is 0.667. The van der Waals surface area contributed by atoms with Crippen molar-refractivity contribution in [3.05, 3.63) is 12.4 Å². The summed E-state index contributed by atoms with van der Waals surface area (Å²) < 4.78 is 32.4. The second-order valence-electron chi connectivity index (χ2n) is 4.76. The normalized spacial score (nSPS) is 22.9. The Bertz CT molecular complexity index is 532. The first-order chi connectivity index (χ1) is 9.53. The molecule has 20 heavy (non-hydrogen) atoms. The molecule has 2 atom stereocenters. The summed E-state index contributed by atoms with van der Waals surface area (Å²) in [5.41, 5.74) is 0. The molecule has 0 aromatic carbocycles. The number of ether oxygens (including phenoxy) is 1. The third kappa shape index (κ3) is 3.65. The van der Waals surface area contributed by atoms with Gasteiger partial charge in [-0.25, -0.2) is 23.1 Å². The number of hydrogen-bond donors (Lipinski definition) is 2. The first-order valence-electron chi connectivity index (χ1n) is 6.73. The smallest absolute Gasteiger partial charge is 0.243 e. The lowest BCUT2D eigenvalue weighted by Gasteiger charge is -2.15. The standard InChI is InChI=1S/C12H20N4O3S/c1-3-5-13-12-14-7-10(8-15-12)20(17,18)16-11-4-6-19-9(11)2/h7-9,11,16H,3-6H2,1-2H3,(H,13,14,15). The Morgan fingerprint density at radius 1 is 1.40 bits per heavy atom. The maximum Gasteiger partial charge on any atom is 0.243 e. The van der Waals surface area contributed by atoms with Gasteiger partial charge in [-0.3, -0.25) is 0 Å². The largest absolute Gasteiger partial charge is 0.377 e. The zero-order valence-corrected chi connectivity index (χ0v) is 12.5. The Morgan fingerprint density at radius 2 is 2.10 bits per heavy atom. The van der Waals surface area contributed by atoms with Gasteiger partial charge in [0.2, 0.25) is 16.0 Å². The molecule has 0 aliphatic carbocycles. The molecule has 0 amide bonds. The molecule has 1 aromatic heterocycles. The number of hydrogen-bond acceptors (Lipinski definition) is 6. The summed E-state index contributed by atoms with van der Waals surface area (Å²) in [6.07, 6.45) is 4.14. The van der Waals surface area contributed by atoms with Gasteiger partial charge in [-0.2, -0.15) is 0 Å². The van der Waals surface area contributed by atoms with E-state index >= 15 is 0 Å². The molecule has 0 saturated carbocycles. The van der Waals surface area contributed by atoms with Crippen LogP contribution in [0.15, 0.2) is 17.3 Å². The molecular formula is C12H20N4O3S. The summed E-state index contributed by atoms with van der Waals surface area (Å²) in [7, 11) is -3.60. The summed E-state index contributed by atoms with van der Waals surface area (Å²) in [5.74, 6) is 0.434. The van der Waals surface area contributed by atoms with Crippen LogP contribution in [0.2, 0.25) is 0 Å². The van der Waals surface area contributed by atoms with E-state index in [1.165, 1.54) is 12.4 Å². The van der Waals surface area contributed by atoms with Gasteiger partial charge in [0.1, 0.15) is 4.90 Å². The van der Waals surface area contributed by atoms with E-state index in [1.54, 1.807) is 0 Å². The molecule has 1 aromatic rings. The van der Waals surface area contributed by atoms with Crippen LogP contribution in [-0.4, -0.2) is 43.7 Å². The van der Waals surface area contributed by atoms with Crippen molar-refractivity contribution in [2.45, 2.75) is 43.7 Å². The van der Waals surface area contributed by atoms with Crippen LogP contribution in [0.5, 0.6) is 0 Å². The number of rotatable bonds is 6. The van der Waals surface area contributed by atoms with Gasteiger partial charge in [-0.05, 0) is 19.8 Å². The van der Waals surface area contributed by atoms with Gasteiger partial charge in [0.25, 0.3) is 0 Å². The second kappa shape index (κ2) is 6.47. The van der Waals surface area contributed by atoms with E-state index in [0.29, 0.717) is 19.0 Å². The quantitative estimate of drug-likeness (QED) is 0.805. The van der Waals surface area contributed by atoms with Crippen LogP contribution in [0.25, 0.3) is 0 Å². The molecule has 2 unspecified atom stereocenters. The summed E-state index contributed by atoms with van der Waals surface area (Å²) in [4.78, 5) is 8.08. The zero-order chi connectivity index (χ0) is 14.6. The Labute approximate surface area is 119 Å². The highest BCUT2D eigenvalue weighted by Gasteiger charge is 2.29. The minimum absolute atomic E-state index is 0.0682. The van der Waals surface area contributed by atoms with Gasteiger partial charge in [0, 0.05) is 13.2 Å². The van der Waals surface area contributed by atoms with Crippen molar-refractivity contribution in [2.75, 3.05) is 18.5 Å². The average molecular weight is 300 g/mol. The maximum atomic E-state index is 12.2. The molecule has 2 N–H and O–H groups in total. The molecule has 0 bridgehead atoms. The lowest BCUT2D eigenvalue weighted by Crippen LogP contribution is -2.39. The van der Waals surface area contributed by atoms with Gasteiger partial charge in [0.15, 0.2) is 0 Å². The topological polar surface area (TPSA) is 93.2 Å².